The quantitative estimate of drug-likeness (QED) is 0.488. The number of ether oxygens (including phenoxy) is 1. The number of aliphatic hydroxyl groups is 1. The second-order valence-corrected chi connectivity index (χ2v) is 8.98. The predicted molar refractivity (Wildman–Crippen MR) is 113 cm³/mol. The molecule has 3 fully saturated rings. The number of hydrogen-bond donors (Lipinski definition) is 3. The van der Waals surface area contributed by atoms with Gasteiger partial charge in [0.05, 0.1) is 10.5 Å². The monoisotopic (exact) mass is 444 g/mol. The molecule has 3 aliphatic rings. The van der Waals surface area contributed by atoms with E-state index in [1.807, 2.05) is 31.3 Å². The molecule has 0 aliphatic heterocycles. The molecule has 1 atom stereocenters. The predicted octanol–water partition coefficient (Wildman–Crippen LogP) is 2.82. The van der Waals surface area contributed by atoms with Crippen LogP contribution in [0.1, 0.15) is 31.2 Å². The molecule has 162 valence electrons. The molecule has 9 heteroatoms. The minimum absolute atomic E-state index is 0.00403. The van der Waals surface area contributed by atoms with Gasteiger partial charge in [0.15, 0.2) is 12.8 Å². The number of halogens is 2. The number of para-hydroxylation sites is 1. The van der Waals surface area contributed by atoms with Crippen molar-refractivity contribution in [2.75, 3.05) is 6.61 Å². The van der Waals surface area contributed by atoms with Gasteiger partial charge in [0.2, 0.25) is 0 Å². The zero-order chi connectivity index (χ0) is 21.8. The van der Waals surface area contributed by atoms with Crippen molar-refractivity contribution in [2.24, 2.45) is 7.05 Å². The lowest BCUT2D eigenvalue weighted by molar-refractivity contribution is -0.151. The van der Waals surface area contributed by atoms with Gasteiger partial charge >= 0.3 is 0 Å². The summed E-state index contributed by atoms with van der Waals surface area (Å²) in [6, 6.07) is 11.8. The first kappa shape index (κ1) is 20.2. The fourth-order valence-electron chi connectivity index (χ4n) is 4.92. The molecular formula is C22H22ClFN4O3. The third-order valence-corrected chi connectivity index (χ3v) is 6.49. The lowest BCUT2D eigenvalue weighted by atomic mass is 9.44. The van der Waals surface area contributed by atoms with Crippen molar-refractivity contribution >= 4 is 28.4 Å². The number of nitrogens with zero attached hydrogens (tertiary/aromatic N) is 2. The summed E-state index contributed by atoms with van der Waals surface area (Å²) in [6.45, 7) is -0.203. The molecule has 0 radical (unpaired) electrons. The molecule has 31 heavy (non-hydrogen) atoms. The molecular weight excluding hydrogens is 423 g/mol. The lowest BCUT2D eigenvalue weighted by Crippen LogP contribution is -2.83. The molecule has 3 aromatic rings. The Labute approximate surface area is 183 Å². The maximum absolute atomic E-state index is 13.5. The van der Waals surface area contributed by atoms with Crippen molar-refractivity contribution in [2.45, 2.75) is 36.6 Å². The smallest absolute Gasteiger partial charge is 0.258 e. The number of fused-ring (bicyclic) bond motifs is 1. The summed E-state index contributed by atoms with van der Waals surface area (Å²) in [5.41, 5.74) is 1.08. The molecule has 2 bridgehead atoms. The van der Waals surface area contributed by atoms with Crippen molar-refractivity contribution in [3.05, 3.63) is 59.0 Å². The summed E-state index contributed by atoms with van der Waals surface area (Å²) in [7, 11) is 1.85. The van der Waals surface area contributed by atoms with E-state index in [4.69, 9.17) is 16.3 Å². The minimum atomic E-state index is -0.886. The van der Waals surface area contributed by atoms with Crippen molar-refractivity contribution in [1.82, 2.24) is 20.4 Å². The summed E-state index contributed by atoms with van der Waals surface area (Å²) in [4.78, 5) is 12.3. The van der Waals surface area contributed by atoms with E-state index in [2.05, 4.69) is 15.7 Å². The zero-order valence-corrected chi connectivity index (χ0v) is 17.6. The van der Waals surface area contributed by atoms with Crippen LogP contribution >= 0.6 is 11.6 Å². The third-order valence-electron chi connectivity index (χ3n) is 6.18. The van der Waals surface area contributed by atoms with Crippen molar-refractivity contribution in [3.8, 4) is 5.75 Å². The largest absolute Gasteiger partial charge is 0.484 e. The Morgan fingerprint density at radius 2 is 2.03 bits per heavy atom. The lowest BCUT2D eigenvalue weighted by Gasteiger charge is -2.71. The van der Waals surface area contributed by atoms with Gasteiger partial charge < -0.3 is 15.2 Å². The molecule has 3 aliphatic carbocycles. The van der Waals surface area contributed by atoms with E-state index in [9.17, 15) is 14.3 Å². The molecule has 1 amide bonds. The number of amides is 1. The van der Waals surface area contributed by atoms with Crippen LogP contribution in [0.5, 0.6) is 5.75 Å². The average molecular weight is 445 g/mol. The van der Waals surface area contributed by atoms with E-state index >= 15 is 0 Å². The number of carbonyl (C=O) groups is 1. The molecule has 3 saturated carbocycles. The first-order valence-corrected chi connectivity index (χ1v) is 10.4. The van der Waals surface area contributed by atoms with Crippen LogP contribution in [0.25, 0.3) is 10.9 Å². The summed E-state index contributed by atoms with van der Waals surface area (Å²) >= 11 is 5.64. The highest BCUT2D eigenvalue weighted by molar-refractivity contribution is 6.30. The Morgan fingerprint density at radius 1 is 1.29 bits per heavy atom. The van der Waals surface area contributed by atoms with Crippen molar-refractivity contribution < 1.29 is 19.0 Å². The van der Waals surface area contributed by atoms with Gasteiger partial charge in [-0.15, -0.1) is 0 Å². The van der Waals surface area contributed by atoms with Crippen LogP contribution in [0.4, 0.5) is 4.39 Å². The minimum Gasteiger partial charge on any atom is -0.484 e. The molecule has 7 nitrogen and oxygen atoms in total. The highest BCUT2D eigenvalue weighted by Gasteiger charge is 2.69. The molecule has 6 rings (SSSR count). The molecule has 2 aromatic carbocycles. The molecule has 1 heterocycles. The first-order valence-electron chi connectivity index (χ1n) is 10.0. The Kier molecular flexibility index (Phi) is 4.69. The van der Waals surface area contributed by atoms with Gasteiger partial charge in [0, 0.05) is 29.6 Å². The number of benzene rings is 2. The summed E-state index contributed by atoms with van der Waals surface area (Å²) in [5, 5.41) is 22.4. The SMILES string of the molecule is Cn1nc(C(O)NC23CC(NC(=O)COc4ccc(Cl)c(F)c4)(C2)C3)c2ccccc21. The number of aryl methyl sites for hydroxylation is 1. The highest BCUT2D eigenvalue weighted by atomic mass is 35.5. The van der Waals surface area contributed by atoms with Gasteiger partial charge in [0.25, 0.3) is 5.91 Å². The van der Waals surface area contributed by atoms with Gasteiger partial charge in [-0.2, -0.15) is 5.10 Å². The number of rotatable bonds is 7. The van der Waals surface area contributed by atoms with E-state index < -0.39 is 12.0 Å². The normalized spacial score (nSPS) is 24.9. The van der Waals surface area contributed by atoms with Crippen molar-refractivity contribution in [3.63, 3.8) is 0 Å². The van der Waals surface area contributed by atoms with Crippen molar-refractivity contribution in [1.29, 1.82) is 0 Å². The Hall–Kier alpha value is -2.68. The maximum Gasteiger partial charge on any atom is 0.258 e. The van der Waals surface area contributed by atoms with E-state index in [1.165, 1.54) is 12.1 Å². The van der Waals surface area contributed by atoms with Crippen LogP contribution in [-0.2, 0) is 11.8 Å². The van der Waals surface area contributed by atoms with Crippen LogP contribution in [0.3, 0.4) is 0 Å². The average Bonchev–Trinajstić information content (AvgIpc) is 3.03. The van der Waals surface area contributed by atoms with Crippen LogP contribution < -0.4 is 15.4 Å². The molecule has 0 spiro atoms. The Balaban J connectivity index is 1.14. The van der Waals surface area contributed by atoms with Gasteiger partial charge in [-0.1, -0.05) is 29.8 Å². The Morgan fingerprint density at radius 3 is 2.77 bits per heavy atom. The van der Waals surface area contributed by atoms with Crippen LogP contribution in [-0.4, -0.2) is 38.5 Å². The first-order chi connectivity index (χ1) is 14.8. The van der Waals surface area contributed by atoms with Crippen LogP contribution in [0, 0.1) is 5.82 Å². The van der Waals surface area contributed by atoms with Crippen LogP contribution in [0.15, 0.2) is 42.5 Å². The third kappa shape index (κ3) is 3.54. The summed E-state index contributed by atoms with van der Waals surface area (Å²) < 4.78 is 20.6. The van der Waals surface area contributed by atoms with E-state index in [-0.39, 0.29) is 34.4 Å². The number of nitrogens with one attached hydrogen (secondary N) is 2. The van der Waals surface area contributed by atoms with Crippen LogP contribution in [0.2, 0.25) is 5.02 Å². The number of aromatic nitrogens is 2. The number of hydrogen-bond acceptors (Lipinski definition) is 5. The molecule has 3 N–H and O–H groups in total. The van der Waals surface area contributed by atoms with E-state index in [0.717, 1.165) is 36.2 Å². The van der Waals surface area contributed by atoms with Gasteiger partial charge in [-0.25, -0.2) is 4.39 Å². The standard InChI is InChI=1S/C22H22ClFN4O3/c1-28-17-5-3-2-4-14(17)19(27-28)20(30)26-22-10-21(11-22,12-22)25-18(29)9-31-13-6-7-15(23)16(24)8-13/h2-8,20,26,30H,9-12H2,1H3,(H,25,29). The number of carbonyl (C=O) groups excluding carboxylic acids is 1. The topological polar surface area (TPSA) is 88.4 Å². The Bertz CT molecular complexity index is 1160. The summed E-state index contributed by atoms with van der Waals surface area (Å²) in [6.07, 6.45) is 1.29. The fourth-order valence-corrected chi connectivity index (χ4v) is 5.04. The van der Waals surface area contributed by atoms with Gasteiger partial charge in [-0.05, 0) is 37.5 Å². The zero-order valence-electron chi connectivity index (χ0n) is 16.9. The maximum atomic E-state index is 13.5. The fraction of sp³-hybridized carbons (Fsp3) is 0.364. The van der Waals surface area contributed by atoms with Gasteiger partial charge in [0.1, 0.15) is 17.3 Å². The second kappa shape index (κ2) is 7.19. The highest BCUT2D eigenvalue weighted by Crippen LogP contribution is 2.61. The van der Waals surface area contributed by atoms with E-state index in [0.29, 0.717) is 5.69 Å². The van der Waals surface area contributed by atoms with E-state index in [1.54, 1.807) is 4.68 Å². The molecule has 1 aromatic heterocycles. The molecule has 1 unspecified atom stereocenters. The summed E-state index contributed by atoms with van der Waals surface area (Å²) in [5.74, 6) is -0.607. The molecule has 0 saturated heterocycles. The second-order valence-electron chi connectivity index (χ2n) is 8.58. The number of aliphatic hydroxyl groups excluding tert-OH is 1. The van der Waals surface area contributed by atoms with Gasteiger partial charge in [-0.3, -0.25) is 14.8 Å².